The normalized spacial score (nSPS) is 26.6. The zero-order chi connectivity index (χ0) is 13.6. The molecule has 0 bridgehead atoms. The number of nitrogen functional groups attached to an aromatic ring is 1. The molecule has 0 saturated heterocycles. The minimum atomic E-state index is -0.971. The van der Waals surface area contributed by atoms with Gasteiger partial charge in [-0.25, -0.2) is 15.0 Å². The first-order valence-corrected chi connectivity index (χ1v) is 5.76. The summed E-state index contributed by atoms with van der Waals surface area (Å²) in [6.45, 7) is 3.61. The molecule has 2 aromatic rings. The minimum absolute atomic E-state index is 0.282. The Labute approximate surface area is 108 Å². The Morgan fingerprint density at radius 2 is 2.11 bits per heavy atom. The number of nitrogens with two attached hydrogens (primary N) is 1. The Hall–Kier alpha value is -2.25. The van der Waals surface area contributed by atoms with Crippen molar-refractivity contribution in [2.45, 2.75) is 18.2 Å². The molecule has 0 radical (unpaired) electrons. The lowest BCUT2D eigenvalue weighted by Crippen LogP contribution is -2.29. The van der Waals surface area contributed by atoms with Crippen molar-refractivity contribution in [3.63, 3.8) is 0 Å². The van der Waals surface area contributed by atoms with Gasteiger partial charge in [-0.3, -0.25) is 0 Å². The SMILES string of the molecule is C=CC1=C[C@@H](n2cnc3c(N)ncnc32)[C@H](O)[C@@H]1O. The molecule has 19 heavy (non-hydrogen) atoms. The number of fused-ring (bicyclic) bond motifs is 1. The van der Waals surface area contributed by atoms with Crippen LogP contribution < -0.4 is 5.73 Å². The lowest BCUT2D eigenvalue weighted by molar-refractivity contribution is 0.0342. The molecule has 7 nitrogen and oxygen atoms in total. The Bertz CT molecular complexity index is 678. The third kappa shape index (κ3) is 1.63. The maximum absolute atomic E-state index is 10.1. The number of hydrogen-bond donors (Lipinski definition) is 3. The van der Waals surface area contributed by atoms with Crippen molar-refractivity contribution in [2.75, 3.05) is 5.73 Å². The van der Waals surface area contributed by atoms with E-state index in [1.165, 1.54) is 18.7 Å². The standard InChI is InChI=1S/C12H13N5O2/c1-2-6-3-7(10(19)9(6)18)17-5-16-8-11(13)14-4-15-12(8)17/h2-5,7,9-10,18-19H,1H2,(H2,13,14,15)/t7-,9-,10+/m1/s1. The molecule has 3 atom stereocenters. The van der Waals surface area contributed by atoms with E-state index in [0.717, 1.165) is 0 Å². The van der Waals surface area contributed by atoms with Crippen LogP contribution in [0.4, 0.5) is 5.82 Å². The van der Waals surface area contributed by atoms with Crippen LogP contribution in [-0.2, 0) is 0 Å². The van der Waals surface area contributed by atoms with Gasteiger partial charge in [-0.15, -0.1) is 0 Å². The molecule has 0 fully saturated rings. The summed E-state index contributed by atoms with van der Waals surface area (Å²) in [5.74, 6) is 0.282. The van der Waals surface area contributed by atoms with E-state index in [-0.39, 0.29) is 5.82 Å². The predicted octanol–water partition coefficient (Wildman–Crippen LogP) is -0.203. The molecule has 1 aliphatic rings. The van der Waals surface area contributed by atoms with Crippen molar-refractivity contribution in [3.8, 4) is 0 Å². The van der Waals surface area contributed by atoms with E-state index in [2.05, 4.69) is 21.5 Å². The predicted molar refractivity (Wildman–Crippen MR) is 69.1 cm³/mol. The van der Waals surface area contributed by atoms with Gasteiger partial charge < -0.3 is 20.5 Å². The van der Waals surface area contributed by atoms with Gasteiger partial charge in [-0.05, 0) is 5.57 Å². The average Bonchev–Trinajstić information content (AvgIpc) is 2.94. The number of nitrogens with zero attached hydrogens (tertiary/aromatic N) is 4. The Morgan fingerprint density at radius 3 is 2.79 bits per heavy atom. The highest BCUT2D eigenvalue weighted by molar-refractivity contribution is 5.81. The Balaban J connectivity index is 2.13. The zero-order valence-corrected chi connectivity index (χ0v) is 10.0. The number of rotatable bonds is 2. The first kappa shape index (κ1) is 11.8. The fourth-order valence-electron chi connectivity index (χ4n) is 2.30. The smallest absolute Gasteiger partial charge is 0.166 e. The fraction of sp³-hybridized carbons (Fsp3) is 0.250. The van der Waals surface area contributed by atoms with Gasteiger partial charge in [0.15, 0.2) is 11.5 Å². The molecule has 0 aliphatic heterocycles. The second kappa shape index (κ2) is 4.15. The van der Waals surface area contributed by atoms with Crippen molar-refractivity contribution in [1.82, 2.24) is 19.5 Å². The number of aromatic nitrogens is 4. The maximum Gasteiger partial charge on any atom is 0.166 e. The van der Waals surface area contributed by atoms with Crippen molar-refractivity contribution < 1.29 is 10.2 Å². The highest BCUT2D eigenvalue weighted by Crippen LogP contribution is 2.32. The zero-order valence-electron chi connectivity index (χ0n) is 10.0. The van der Waals surface area contributed by atoms with Gasteiger partial charge in [0.2, 0.25) is 0 Å². The molecule has 3 rings (SSSR count). The van der Waals surface area contributed by atoms with Gasteiger partial charge in [-0.2, -0.15) is 0 Å². The summed E-state index contributed by atoms with van der Waals surface area (Å²) in [7, 11) is 0. The van der Waals surface area contributed by atoms with Gasteiger partial charge in [0.05, 0.1) is 12.4 Å². The van der Waals surface area contributed by atoms with Gasteiger partial charge >= 0.3 is 0 Å². The van der Waals surface area contributed by atoms with E-state index in [1.54, 1.807) is 10.6 Å². The van der Waals surface area contributed by atoms with Crippen LogP contribution in [0.3, 0.4) is 0 Å². The second-order valence-electron chi connectivity index (χ2n) is 4.38. The minimum Gasteiger partial charge on any atom is -0.388 e. The Morgan fingerprint density at radius 1 is 1.32 bits per heavy atom. The molecule has 2 aromatic heterocycles. The third-order valence-corrected chi connectivity index (χ3v) is 3.32. The maximum atomic E-state index is 10.1. The lowest BCUT2D eigenvalue weighted by atomic mass is 10.1. The van der Waals surface area contributed by atoms with Gasteiger partial charge in [-0.1, -0.05) is 18.7 Å². The van der Waals surface area contributed by atoms with Crippen LogP contribution in [0.1, 0.15) is 6.04 Å². The van der Waals surface area contributed by atoms with Crippen molar-refractivity contribution in [1.29, 1.82) is 0 Å². The van der Waals surface area contributed by atoms with Crippen molar-refractivity contribution >= 4 is 17.0 Å². The molecule has 0 unspecified atom stereocenters. The first-order valence-electron chi connectivity index (χ1n) is 5.76. The van der Waals surface area contributed by atoms with Gasteiger partial charge in [0.1, 0.15) is 24.1 Å². The fourth-order valence-corrected chi connectivity index (χ4v) is 2.30. The Kier molecular flexibility index (Phi) is 2.58. The van der Waals surface area contributed by atoms with E-state index in [1.807, 2.05) is 0 Å². The summed E-state index contributed by atoms with van der Waals surface area (Å²) < 4.78 is 1.66. The first-order chi connectivity index (χ1) is 9.13. The summed E-state index contributed by atoms with van der Waals surface area (Å²) in [6.07, 6.45) is 4.20. The molecular formula is C12H13N5O2. The van der Waals surface area contributed by atoms with Crippen LogP contribution in [0.25, 0.3) is 11.2 Å². The molecule has 7 heteroatoms. The molecule has 98 valence electrons. The monoisotopic (exact) mass is 259 g/mol. The quantitative estimate of drug-likeness (QED) is 0.688. The second-order valence-corrected chi connectivity index (χ2v) is 4.38. The van der Waals surface area contributed by atoms with E-state index in [9.17, 15) is 10.2 Å². The number of hydrogen-bond acceptors (Lipinski definition) is 6. The summed E-state index contributed by atoms with van der Waals surface area (Å²) in [4.78, 5) is 12.1. The van der Waals surface area contributed by atoms with Crippen LogP contribution in [0.2, 0.25) is 0 Å². The molecule has 2 heterocycles. The third-order valence-electron chi connectivity index (χ3n) is 3.32. The topological polar surface area (TPSA) is 110 Å². The van der Waals surface area contributed by atoms with E-state index in [0.29, 0.717) is 16.7 Å². The highest BCUT2D eigenvalue weighted by Gasteiger charge is 2.35. The van der Waals surface area contributed by atoms with E-state index >= 15 is 0 Å². The summed E-state index contributed by atoms with van der Waals surface area (Å²) in [5, 5.41) is 20.0. The van der Waals surface area contributed by atoms with Gasteiger partial charge in [0.25, 0.3) is 0 Å². The number of aliphatic hydroxyl groups excluding tert-OH is 2. The van der Waals surface area contributed by atoms with Crippen LogP contribution in [-0.4, -0.2) is 41.9 Å². The summed E-state index contributed by atoms with van der Waals surface area (Å²) in [5.41, 5.74) is 7.29. The van der Waals surface area contributed by atoms with Crippen LogP contribution in [0.5, 0.6) is 0 Å². The van der Waals surface area contributed by atoms with Gasteiger partial charge in [0, 0.05) is 0 Å². The van der Waals surface area contributed by atoms with E-state index < -0.39 is 18.2 Å². The molecule has 0 amide bonds. The number of aliphatic hydroxyl groups is 2. The van der Waals surface area contributed by atoms with Crippen LogP contribution >= 0.6 is 0 Å². The summed E-state index contributed by atoms with van der Waals surface area (Å²) in [6, 6.07) is -0.456. The molecule has 0 saturated carbocycles. The van der Waals surface area contributed by atoms with Crippen molar-refractivity contribution in [2.24, 2.45) is 0 Å². The molecular weight excluding hydrogens is 246 g/mol. The van der Waals surface area contributed by atoms with Crippen LogP contribution in [0, 0.1) is 0 Å². The largest absolute Gasteiger partial charge is 0.388 e. The van der Waals surface area contributed by atoms with Crippen molar-refractivity contribution in [3.05, 3.63) is 37.0 Å². The molecule has 0 aromatic carbocycles. The number of imidazole rings is 1. The molecule has 0 spiro atoms. The average molecular weight is 259 g/mol. The highest BCUT2D eigenvalue weighted by atomic mass is 16.3. The number of anilines is 1. The lowest BCUT2D eigenvalue weighted by Gasteiger charge is -2.18. The summed E-state index contributed by atoms with van der Waals surface area (Å²) >= 11 is 0. The molecule has 4 N–H and O–H groups in total. The molecule has 1 aliphatic carbocycles. The van der Waals surface area contributed by atoms with Crippen LogP contribution in [0.15, 0.2) is 37.0 Å². The van der Waals surface area contributed by atoms with E-state index in [4.69, 9.17) is 5.73 Å².